The molecule has 0 bridgehead atoms. The van der Waals surface area contributed by atoms with E-state index < -0.39 is 5.82 Å². The highest BCUT2D eigenvalue weighted by atomic mass is 35.5. The number of halogens is 3. The normalized spacial score (nSPS) is 28.2. The Morgan fingerprint density at radius 3 is 2.67 bits per heavy atom. The molecular formula is C12H13Cl2FN2O. The molecule has 0 spiro atoms. The van der Waals surface area contributed by atoms with Crippen molar-refractivity contribution >= 4 is 29.9 Å². The number of rotatable bonds is 2. The third kappa shape index (κ3) is 2.32. The van der Waals surface area contributed by atoms with E-state index in [2.05, 4.69) is 10.6 Å². The fraction of sp³-hybridized carbons (Fsp3) is 0.417. The average molecular weight is 291 g/mol. The molecule has 2 fully saturated rings. The highest BCUT2D eigenvalue weighted by molar-refractivity contribution is 6.30. The number of amides is 1. The Hall–Kier alpha value is -0.840. The van der Waals surface area contributed by atoms with E-state index in [0.29, 0.717) is 16.9 Å². The van der Waals surface area contributed by atoms with Crippen LogP contribution in [0.2, 0.25) is 5.02 Å². The van der Waals surface area contributed by atoms with E-state index in [1.165, 1.54) is 12.1 Å². The van der Waals surface area contributed by atoms with Crippen LogP contribution in [-0.4, -0.2) is 25.0 Å². The number of nitrogens with one attached hydrogen (secondary N) is 2. The van der Waals surface area contributed by atoms with Gasteiger partial charge in [0.1, 0.15) is 5.82 Å². The topological polar surface area (TPSA) is 41.1 Å². The first-order valence-electron chi connectivity index (χ1n) is 5.63. The van der Waals surface area contributed by atoms with Crippen LogP contribution in [-0.2, 0) is 0 Å². The van der Waals surface area contributed by atoms with Crippen molar-refractivity contribution < 1.29 is 9.18 Å². The van der Waals surface area contributed by atoms with Gasteiger partial charge in [0, 0.05) is 24.2 Å². The van der Waals surface area contributed by atoms with Crippen LogP contribution in [0, 0.1) is 17.7 Å². The summed E-state index contributed by atoms with van der Waals surface area (Å²) in [7, 11) is 0. The van der Waals surface area contributed by atoms with Gasteiger partial charge in [-0.3, -0.25) is 4.79 Å². The minimum Gasteiger partial charge on any atom is -0.349 e. The van der Waals surface area contributed by atoms with Crippen molar-refractivity contribution in [2.45, 2.75) is 6.04 Å². The van der Waals surface area contributed by atoms with Gasteiger partial charge in [-0.2, -0.15) is 0 Å². The van der Waals surface area contributed by atoms with Crippen molar-refractivity contribution in [3.8, 4) is 0 Å². The van der Waals surface area contributed by atoms with Crippen LogP contribution in [0.3, 0.4) is 0 Å². The van der Waals surface area contributed by atoms with Gasteiger partial charge in [-0.25, -0.2) is 4.39 Å². The molecule has 0 radical (unpaired) electrons. The van der Waals surface area contributed by atoms with E-state index in [1.807, 2.05) is 0 Å². The van der Waals surface area contributed by atoms with Gasteiger partial charge in [-0.15, -0.1) is 12.4 Å². The first kappa shape index (κ1) is 13.6. The number of hydrogen-bond donors (Lipinski definition) is 2. The van der Waals surface area contributed by atoms with Gasteiger partial charge in [-0.1, -0.05) is 11.6 Å². The predicted octanol–water partition coefficient (Wildman–Crippen LogP) is 1.85. The summed E-state index contributed by atoms with van der Waals surface area (Å²) in [5.74, 6) is 0.126. The Balaban J connectivity index is 0.00000120. The zero-order valence-electron chi connectivity index (χ0n) is 9.45. The second kappa shape index (κ2) is 5.03. The second-order valence-electron chi connectivity index (χ2n) is 4.61. The van der Waals surface area contributed by atoms with E-state index in [4.69, 9.17) is 11.6 Å². The minimum atomic E-state index is -0.570. The molecule has 2 atom stereocenters. The van der Waals surface area contributed by atoms with E-state index in [0.717, 1.165) is 19.2 Å². The van der Waals surface area contributed by atoms with Gasteiger partial charge >= 0.3 is 0 Å². The highest BCUT2D eigenvalue weighted by Crippen LogP contribution is 2.41. The van der Waals surface area contributed by atoms with Crippen LogP contribution in [0.5, 0.6) is 0 Å². The smallest absolute Gasteiger partial charge is 0.254 e. The molecule has 2 N–H and O–H groups in total. The van der Waals surface area contributed by atoms with Gasteiger partial charge in [0.25, 0.3) is 5.91 Å². The Morgan fingerprint density at radius 2 is 2.06 bits per heavy atom. The molecule has 6 heteroatoms. The fourth-order valence-electron chi connectivity index (χ4n) is 2.54. The van der Waals surface area contributed by atoms with Gasteiger partial charge in [0.05, 0.1) is 5.56 Å². The molecule has 2 aliphatic rings. The summed E-state index contributed by atoms with van der Waals surface area (Å²) in [6.45, 7) is 1.89. The molecule has 2 unspecified atom stereocenters. The van der Waals surface area contributed by atoms with Crippen molar-refractivity contribution in [3.05, 3.63) is 34.6 Å². The summed E-state index contributed by atoms with van der Waals surface area (Å²) in [6.07, 6.45) is 0. The lowest BCUT2D eigenvalue weighted by Crippen LogP contribution is -2.32. The lowest BCUT2D eigenvalue weighted by molar-refractivity contribution is 0.0942. The second-order valence-corrected chi connectivity index (χ2v) is 5.05. The predicted molar refractivity (Wildman–Crippen MR) is 69.8 cm³/mol. The molecule has 98 valence electrons. The van der Waals surface area contributed by atoms with Crippen LogP contribution in [0.4, 0.5) is 4.39 Å². The van der Waals surface area contributed by atoms with Crippen LogP contribution in [0.15, 0.2) is 18.2 Å². The Bertz CT molecular complexity index is 473. The van der Waals surface area contributed by atoms with E-state index in [1.54, 1.807) is 0 Å². The van der Waals surface area contributed by atoms with Crippen LogP contribution in [0.25, 0.3) is 0 Å². The van der Waals surface area contributed by atoms with Crippen molar-refractivity contribution in [3.63, 3.8) is 0 Å². The first-order chi connectivity index (χ1) is 8.16. The largest absolute Gasteiger partial charge is 0.349 e. The van der Waals surface area contributed by atoms with Crippen molar-refractivity contribution in [2.24, 2.45) is 11.8 Å². The molecule has 1 aliphatic heterocycles. The number of benzene rings is 1. The van der Waals surface area contributed by atoms with Gasteiger partial charge in [0.2, 0.25) is 0 Å². The number of fused-ring (bicyclic) bond motifs is 1. The third-order valence-corrected chi connectivity index (χ3v) is 3.80. The SMILES string of the molecule is Cl.O=C(NC1C2CNCC21)c1ccc(Cl)cc1F. The number of hydrogen-bond acceptors (Lipinski definition) is 2. The standard InChI is InChI=1S/C12H12ClFN2O.ClH/c13-6-1-2-7(10(14)3-6)12(17)16-11-8-4-15-5-9(8)11;/h1-3,8-9,11,15H,4-5H2,(H,16,17);1H. The molecule has 3 nitrogen and oxygen atoms in total. The molecule has 1 aliphatic carbocycles. The maximum Gasteiger partial charge on any atom is 0.254 e. The van der Waals surface area contributed by atoms with Crippen LogP contribution in [0.1, 0.15) is 10.4 Å². The highest BCUT2D eigenvalue weighted by Gasteiger charge is 2.53. The van der Waals surface area contributed by atoms with Gasteiger partial charge < -0.3 is 10.6 Å². The lowest BCUT2D eigenvalue weighted by atomic mass is 10.2. The van der Waals surface area contributed by atoms with E-state index >= 15 is 0 Å². The summed E-state index contributed by atoms with van der Waals surface area (Å²) in [6, 6.07) is 4.31. The average Bonchev–Trinajstić information content (AvgIpc) is 2.74. The minimum absolute atomic E-state index is 0. The molecule has 1 saturated carbocycles. The third-order valence-electron chi connectivity index (χ3n) is 3.57. The summed E-state index contributed by atoms with van der Waals surface area (Å²) in [5, 5.41) is 6.41. The molecule has 1 heterocycles. The zero-order chi connectivity index (χ0) is 12.0. The van der Waals surface area contributed by atoms with Crippen LogP contribution >= 0.6 is 24.0 Å². The van der Waals surface area contributed by atoms with Gasteiger partial charge in [0.15, 0.2) is 0 Å². The molecule has 1 aromatic carbocycles. The summed E-state index contributed by atoms with van der Waals surface area (Å²) in [5.41, 5.74) is 0.0623. The summed E-state index contributed by atoms with van der Waals surface area (Å²) < 4.78 is 13.5. The van der Waals surface area contributed by atoms with E-state index in [-0.39, 0.29) is 29.9 Å². The maximum atomic E-state index is 13.5. The Morgan fingerprint density at radius 1 is 1.39 bits per heavy atom. The van der Waals surface area contributed by atoms with Crippen molar-refractivity contribution in [1.82, 2.24) is 10.6 Å². The van der Waals surface area contributed by atoms with E-state index in [9.17, 15) is 9.18 Å². The van der Waals surface area contributed by atoms with Crippen LogP contribution < -0.4 is 10.6 Å². The molecule has 18 heavy (non-hydrogen) atoms. The van der Waals surface area contributed by atoms with Crippen molar-refractivity contribution in [2.75, 3.05) is 13.1 Å². The lowest BCUT2D eigenvalue weighted by Gasteiger charge is -2.08. The summed E-state index contributed by atoms with van der Waals surface area (Å²) in [4.78, 5) is 11.8. The van der Waals surface area contributed by atoms with Crippen molar-refractivity contribution in [1.29, 1.82) is 0 Å². The first-order valence-corrected chi connectivity index (χ1v) is 6.01. The quantitative estimate of drug-likeness (QED) is 0.873. The number of carbonyl (C=O) groups excluding carboxylic acids is 1. The molecule has 1 saturated heterocycles. The molecular weight excluding hydrogens is 278 g/mol. The molecule has 1 aromatic rings. The van der Waals surface area contributed by atoms with Gasteiger partial charge in [-0.05, 0) is 30.0 Å². The fourth-order valence-corrected chi connectivity index (χ4v) is 2.69. The Labute approximate surface area is 115 Å². The summed E-state index contributed by atoms with van der Waals surface area (Å²) >= 11 is 5.64. The number of carbonyl (C=O) groups is 1. The maximum absolute atomic E-state index is 13.5. The monoisotopic (exact) mass is 290 g/mol. The molecule has 0 aromatic heterocycles. The molecule has 3 rings (SSSR count). The molecule has 1 amide bonds. The Kier molecular flexibility index (Phi) is 3.80. The zero-order valence-corrected chi connectivity index (χ0v) is 11.0. The number of piperidine rings is 1.